The van der Waals surface area contributed by atoms with Gasteiger partial charge in [-0.05, 0) is 44.2 Å². The lowest BCUT2D eigenvalue weighted by Crippen LogP contribution is -2.49. The van der Waals surface area contributed by atoms with E-state index in [1.165, 1.54) is 10.4 Å². The van der Waals surface area contributed by atoms with Gasteiger partial charge in [0.25, 0.3) is 0 Å². The van der Waals surface area contributed by atoms with Crippen LogP contribution in [0.3, 0.4) is 0 Å². The Hall–Kier alpha value is -2.74. The molecule has 7 nitrogen and oxygen atoms in total. The molecule has 0 atom stereocenters. The molecule has 3 aromatic rings. The number of hydrogen-bond donors (Lipinski definition) is 0. The molecule has 4 heterocycles. The van der Waals surface area contributed by atoms with E-state index in [2.05, 4.69) is 38.2 Å². The maximum absolute atomic E-state index is 12.6. The Balaban J connectivity index is 1.36. The van der Waals surface area contributed by atoms with Gasteiger partial charge in [0.05, 0.1) is 5.69 Å². The Bertz CT molecular complexity index is 1000. The highest BCUT2D eigenvalue weighted by Gasteiger charge is 2.22. The number of aromatic nitrogens is 4. The van der Waals surface area contributed by atoms with E-state index in [0.717, 1.165) is 55.6 Å². The van der Waals surface area contributed by atoms with Gasteiger partial charge < -0.3 is 9.80 Å². The third-order valence-electron chi connectivity index (χ3n) is 5.63. The zero-order valence-electron chi connectivity index (χ0n) is 17.1. The van der Waals surface area contributed by atoms with Crippen LogP contribution in [0.15, 0.2) is 30.2 Å². The number of thiophene rings is 1. The molecule has 1 amide bonds. The summed E-state index contributed by atoms with van der Waals surface area (Å²) in [6.45, 7) is 9.15. The summed E-state index contributed by atoms with van der Waals surface area (Å²) < 4.78 is 1.98. The Kier molecular flexibility index (Phi) is 5.62. The predicted octanol–water partition coefficient (Wildman–Crippen LogP) is 2.93. The van der Waals surface area contributed by atoms with Crippen molar-refractivity contribution >= 4 is 23.1 Å². The number of rotatable bonds is 5. The lowest BCUT2D eigenvalue weighted by molar-refractivity contribution is -0.131. The fourth-order valence-electron chi connectivity index (χ4n) is 3.60. The molecule has 0 radical (unpaired) electrons. The van der Waals surface area contributed by atoms with Crippen LogP contribution in [0, 0.1) is 20.8 Å². The molecule has 1 saturated heterocycles. The Labute approximate surface area is 175 Å². The van der Waals surface area contributed by atoms with Gasteiger partial charge in [0.15, 0.2) is 0 Å². The monoisotopic (exact) mass is 410 g/mol. The lowest BCUT2D eigenvalue weighted by atomic mass is 10.2. The fourth-order valence-corrected chi connectivity index (χ4v) is 4.51. The second kappa shape index (κ2) is 8.32. The molecule has 3 aromatic heterocycles. The molecule has 0 spiro atoms. The Morgan fingerprint density at radius 1 is 1.07 bits per heavy atom. The van der Waals surface area contributed by atoms with Crippen molar-refractivity contribution < 1.29 is 4.79 Å². The molecule has 8 heteroatoms. The largest absolute Gasteiger partial charge is 0.353 e. The highest BCUT2D eigenvalue weighted by Crippen LogP contribution is 2.20. The topological polar surface area (TPSA) is 67.2 Å². The first-order valence-corrected chi connectivity index (χ1v) is 10.8. The average Bonchev–Trinajstić information content (AvgIpc) is 3.31. The quantitative estimate of drug-likeness (QED) is 0.647. The Morgan fingerprint density at radius 3 is 2.48 bits per heavy atom. The number of anilines is 1. The standard InChI is InChI=1S/C21H26N6OS/c1-15-6-11-29-18(15)4-5-21(28)26-9-7-25(8-10-26)19-12-20(23-13-22-19)27-14-24-16(2)17(27)3/h6,11-14H,4-5,7-10H2,1-3H3. The zero-order valence-corrected chi connectivity index (χ0v) is 17.9. The molecule has 0 N–H and O–H groups in total. The van der Waals surface area contributed by atoms with Crippen molar-refractivity contribution in [2.45, 2.75) is 33.6 Å². The summed E-state index contributed by atoms with van der Waals surface area (Å²) >= 11 is 1.74. The lowest BCUT2D eigenvalue weighted by Gasteiger charge is -2.35. The third-order valence-corrected chi connectivity index (χ3v) is 6.71. The van der Waals surface area contributed by atoms with E-state index >= 15 is 0 Å². The van der Waals surface area contributed by atoms with Crippen molar-refractivity contribution in [1.29, 1.82) is 0 Å². The number of piperazine rings is 1. The molecule has 1 aliphatic heterocycles. The normalized spacial score (nSPS) is 14.4. The van der Waals surface area contributed by atoms with E-state index in [-0.39, 0.29) is 5.91 Å². The van der Waals surface area contributed by atoms with Gasteiger partial charge in [0, 0.05) is 49.2 Å². The minimum Gasteiger partial charge on any atom is -0.353 e. The van der Waals surface area contributed by atoms with Gasteiger partial charge in [-0.2, -0.15) is 0 Å². The first kappa shape index (κ1) is 19.6. The molecule has 1 fully saturated rings. The van der Waals surface area contributed by atoms with Gasteiger partial charge in [-0.1, -0.05) is 0 Å². The van der Waals surface area contributed by atoms with E-state index in [9.17, 15) is 4.79 Å². The highest BCUT2D eigenvalue weighted by atomic mass is 32.1. The van der Waals surface area contributed by atoms with E-state index in [0.29, 0.717) is 6.42 Å². The van der Waals surface area contributed by atoms with Crippen LogP contribution in [0.5, 0.6) is 0 Å². The first-order valence-electron chi connectivity index (χ1n) is 9.91. The number of carbonyl (C=O) groups is 1. The minimum absolute atomic E-state index is 0.241. The molecule has 4 rings (SSSR count). The van der Waals surface area contributed by atoms with Crippen molar-refractivity contribution in [2.75, 3.05) is 31.1 Å². The van der Waals surface area contributed by atoms with Crippen LogP contribution in [0.2, 0.25) is 0 Å². The molecule has 0 bridgehead atoms. The van der Waals surface area contributed by atoms with Crippen LogP contribution in [0.1, 0.15) is 28.2 Å². The van der Waals surface area contributed by atoms with Gasteiger partial charge in [0.2, 0.25) is 5.91 Å². The van der Waals surface area contributed by atoms with Crippen LogP contribution < -0.4 is 4.90 Å². The van der Waals surface area contributed by atoms with Crippen LogP contribution in [0.4, 0.5) is 5.82 Å². The van der Waals surface area contributed by atoms with Crippen molar-refractivity contribution in [3.8, 4) is 5.82 Å². The maximum Gasteiger partial charge on any atom is 0.223 e. The minimum atomic E-state index is 0.241. The van der Waals surface area contributed by atoms with Crippen LogP contribution >= 0.6 is 11.3 Å². The number of imidazole rings is 1. The van der Waals surface area contributed by atoms with Crippen LogP contribution in [-0.2, 0) is 11.2 Å². The Morgan fingerprint density at radius 2 is 1.83 bits per heavy atom. The number of carbonyl (C=O) groups excluding carboxylic acids is 1. The first-order chi connectivity index (χ1) is 14.0. The van der Waals surface area contributed by atoms with E-state index in [1.54, 1.807) is 24.0 Å². The van der Waals surface area contributed by atoms with Gasteiger partial charge >= 0.3 is 0 Å². The van der Waals surface area contributed by atoms with Crippen molar-refractivity contribution in [3.05, 3.63) is 52.0 Å². The van der Waals surface area contributed by atoms with Crippen LogP contribution in [-0.4, -0.2) is 56.5 Å². The van der Waals surface area contributed by atoms with E-state index in [4.69, 9.17) is 0 Å². The van der Waals surface area contributed by atoms with Crippen molar-refractivity contribution in [2.24, 2.45) is 0 Å². The zero-order chi connectivity index (χ0) is 20.4. The average molecular weight is 411 g/mol. The predicted molar refractivity (Wildman–Crippen MR) is 115 cm³/mol. The fraction of sp³-hybridized carbons (Fsp3) is 0.429. The van der Waals surface area contributed by atoms with Gasteiger partial charge in [-0.15, -0.1) is 11.3 Å². The third kappa shape index (κ3) is 4.17. The van der Waals surface area contributed by atoms with Crippen LogP contribution in [0.25, 0.3) is 5.82 Å². The summed E-state index contributed by atoms with van der Waals surface area (Å²) in [5.74, 6) is 1.95. The number of aryl methyl sites for hydroxylation is 3. The summed E-state index contributed by atoms with van der Waals surface area (Å²) in [7, 11) is 0. The van der Waals surface area contributed by atoms with Gasteiger partial charge in [-0.3, -0.25) is 9.36 Å². The summed E-state index contributed by atoms with van der Waals surface area (Å²) in [5, 5.41) is 2.09. The number of amides is 1. The molecule has 0 saturated carbocycles. The molecular formula is C21H26N6OS. The smallest absolute Gasteiger partial charge is 0.223 e. The second-order valence-corrected chi connectivity index (χ2v) is 8.42. The SMILES string of the molecule is Cc1ccsc1CCC(=O)N1CCN(c2cc(-n3cnc(C)c3C)ncn2)CC1. The summed E-state index contributed by atoms with van der Waals surface area (Å²) in [5.41, 5.74) is 3.36. The van der Waals surface area contributed by atoms with Crippen molar-refractivity contribution in [1.82, 2.24) is 24.4 Å². The molecule has 152 valence electrons. The molecule has 1 aliphatic rings. The summed E-state index contributed by atoms with van der Waals surface area (Å²) in [6, 6.07) is 4.11. The van der Waals surface area contributed by atoms with Gasteiger partial charge in [-0.25, -0.2) is 15.0 Å². The van der Waals surface area contributed by atoms with E-state index < -0.39 is 0 Å². The maximum atomic E-state index is 12.6. The second-order valence-electron chi connectivity index (χ2n) is 7.41. The molecule has 0 unspecified atom stereocenters. The van der Waals surface area contributed by atoms with E-state index in [1.807, 2.05) is 29.4 Å². The van der Waals surface area contributed by atoms with Crippen molar-refractivity contribution in [3.63, 3.8) is 0 Å². The summed E-state index contributed by atoms with van der Waals surface area (Å²) in [6.07, 6.45) is 4.81. The molecule has 29 heavy (non-hydrogen) atoms. The number of hydrogen-bond acceptors (Lipinski definition) is 6. The summed E-state index contributed by atoms with van der Waals surface area (Å²) in [4.78, 5) is 31.3. The van der Waals surface area contributed by atoms with Gasteiger partial charge in [0.1, 0.15) is 24.3 Å². The molecule has 0 aliphatic carbocycles. The highest BCUT2D eigenvalue weighted by molar-refractivity contribution is 7.10. The molecular weight excluding hydrogens is 384 g/mol. The molecule has 0 aromatic carbocycles. The number of nitrogens with zero attached hydrogens (tertiary/aromatic N) is 6.